The molecule has 5 rings (SSSR count). The van der Waals surface area contributed by atoms with Gasteiger partial charge < -0.3 is 14.9 Å². The van der Waals surface area contributed by atoms with Crippen LogP contribution in [0.15, 0.2) is 67.3 Å². The van der Waals surface area contributed by atoms with E-state index in [0.717, 1.165) is 0 Å². The molecule has 0 spiro atoms. The van der Waals surface area contributed by atoms with Crippen molar-refractivity contribution in [1.82, 2.24) is 14.7 Å². The van der Waals surface area contributed by atoms with Crippen LogP contribution in [0.1, 0.15) is 17.0 Å². The number of aromatic hydroxyl groups is 1. The Balaban J connectivity index is 1.75. The molecule has 11 heteroatoms. The molecule has 0 unspecified atom stereocenters. The van der Waals surface area contributed by atoms with Gasteiger partial charge in [0.15, 0.2) is 5.84 Å². The summed E-state index contributed by atoms with van der Waals surface area (Å²) in [6, 6.07) is 11.5. The highest BCUT2D eigenvalue weighted by Crippen LogP contribution is 2.55. The molecule has 0 saturated carbocycles. The molecule has 4 aromatic rings. The number of rotatable bonds is 3. The zero-order valence-corrected chi connectivity index (χ0v) is 17.0. The summed E-state index contributed by atoms with van der Waals surface area (Å²) in [7, 11) is -3.57. The number of hydrogen-bond acceptors (Lipinski definition) is 9. The number of aryl methyl sites for hydroxylation is 1. The summed E-state index contributed by atoms with van der Waals surface area (Å²) in [5.74, 6) is 0.0849. The second-order valence-corrected chi connectivity index (χ2v) is 8.66. The van der Waals surface area contributed by atoms with Gasteiger partial charge in [-0.15, -0.1) is 4.40 Å². The van der Waals surface area contributed by atoms with Crippen molar-refractivity contribution in [1.29, 1.82) is 0 Å². The number of aromatic nitrogens is 3. The number of nitrogens with one attached hydrogen (secondary N) is 1. The average molecular weight is 439 g/mol. The normalized spacial score (nSPS) is 15.8. The topological polar surface area (TPSA) is 146 Å². The molecule has 1 aromatic carbocycles. The summed E-state index contributed by atoms with van der Waals surface area (Å²) in [6.07, 6.45) is 1.51. The van der Waals surface area contributed by atoms with Crippen molar-refractivity contribution < 1.29 is 18.7 Å². The molecule has 3 aromatic heterocycles. The molecule has 0 bridgehead atoms. The van der Waals surface area contributed by atoms with E-state index in [1.54, 1.807) is 43.3 Å². The predicted octanol–water partition coefficient (Wildman–Crippen LogP) is 3.34. The van der Waals surface area contributed by atoms with Gasteiger partial charge in [0.2, 0.25) is 0 Å². The van der Waals surface area contributed by atoms with E-state index in [-0.39, 0.29) is 34.2 Å². The first-order valence-electron chi connectivity index (χ1n) is 9.22. The van der Waals surface area contributed by atoms with Gasteiger partial charge in [-0.3, -0.25) is 18.5 Å². The van der Waals surface area contributed by atoms with E-state index >= 15 is 0 Å². The highest BCUT2D eigenvalue weighted by molar-refractivity contribution is 8.23. The molecule has 4 N–H and O–H groups in total. The number of anilines is 1. The Bertz CT molecular complexity index is 1430. The maximum atomic E-state index is 13.5. The molecule has 1 aliphatic rings. The third-order valence-corrected chi connectivity index (χ3v) is 6.26. The summed E-state index contributed by atoms with van der Waals surface area (Å²) >= 11 is 0. The maximum absolute atomic E-state index is 13.5. The van der Waals surface area contributed by atoms with Crippen LogP contribution in [0.25, 0.3) is 11.0 Å². The first-order chi connectivity index (χ1) is 14.8. The van der Waals surface area contributed by atoms with Crippen LogP contribution in [0.3, 0.4) is 0 Å². The molecule has 0 radical (unpaired) electrons. The third-order valence-electron chi connectivity index (χ3n) is 4.88. The predicted molar refractivity (Wildman–Crippen MR) is 116 cm³/mol. The highest BCUT2D eigenvalue weighted by Gasteiger charge is 2.30. The van der Waals surface area contributed by atoms with Crippen LogP contribution >= 0.6 is 10.8 Å². The second-order valence-electron chi connectivity index (χ2n) is 7.00. The van der Waals surface area contributed by atoms with Gasteiger partial charge in [0.1, 0.15) is 33.3 Å². The van der Waals surface area contributed by atoms with Gasteiger partial charge in [0, 0.05) is 12.3 Å². The molecule has 0 atom stereocenters. The van der Waals surface area contributed by atoms with Crippen molar-refractivity contribution in [3.63, 3.8) is 0 Å². The Morgan fingerprint density at radius 1 is 1.19 bits per heavy atom. The number of pyridine rings is 2. The van der Waals surface area contributed by atoms with E-state index in [0.29, 0.717) is 22.5 Å². The number of nitrogens with zero attached hydrogens (tertiary/aromatic N) is 4. The molecule has 0 fully saturated rings. The van der Waals surface area contributed by atoms with Gasteiger partial charge in [0.05, 0.1) is 17.6 Å². The Morgan fingerprint density at radius 3 is 2.77 bits per heavy atom. The van der Waals surface area contributed by atoms with E-state index in [1.807, 2.05) is 0 Å². The lowest BCUT2D eigenvalue weighted by molar-refractivity contribution is 0.389. The summed E-state index contributed by atoms with van der Waals surface area (Å²) in [5.41, 5.74) is 0.311. The van der Waals surface area contributed by atoms with Crippen LogP contribution in [0.5, 0.6) is 5.75 Å². The zero-order chi connectivity index (χ0) is 21.8. The van der Waals surface area contributed by atoms with Crippen LogP contribution in [0, 0.1) is 6.92 Å². The average Bonchev–Trinajstić information content (AvgIpc) is 3.16. The van der Waals surface area contributed by atoms with E-state index in [4.69, 9.17) is 4.52 Å². The van der Waals surface area contributed by atoms with Gasteiger partial charge in [-0.25, -0.2) is 4.98 Å². The summed E-state index contributed by atoms with van der Waals surface area (Å²) in [6.45, 7) is 1.78. The number of fused-ring (bicyclic) bond motifs is 2. The summed E-state index contributed by atoms with van der Waals surface area (Å²) < 4.78 is 31.5. The SMILES string of the molecule is Cc1cc(Cn2c(=O)c(C3=NS(O)(O)c4ccccc4N3)c(O)c3cccnc32)no1. The molecule has 4 heterocycles. The van der Waals surface area contributed by atoms with Crippen molar-refractivity contribution in [3.05, 3.63) is 76.0 Å². The molecule has 0 saturated heterocycles. The van der Waals surface area contributed by atoms with Crippen molar-refractivity contribution in [3.8, 4) is 5.75 Å². The van der Waals surface area contributed by atoms with E-state index in [2.05, 4.69) is 19.9 Å². The van der Waals surface area contributed by atoms with Crippen LogP contribution in [0.4, 0.5) is 5.69 Å². The van der Waals surface area contributed by atoms with Crippen LogP contribution in [-0.4, -0.2) is 34.8 Å². The van der Waals surface area contributed by atoms with Crippen LogP contribution in [-0.2, 0) is 6.54 Å². The number of para-hydroxylation sites is 1. The van der Waals surface area contributed by atoms with E-state index < -0.39 is 16.3 Å². The molecule has 0 aliphatic carbocycles. The minimum absolute atomic E-state index is 0.0388. The standard InChI is InChI=1S/C20H17N5O5S/c1-11-9-12(23-30-11)10-25-19-13(5-4-8-21-19)17(26)16(20(25)27)18-22-14-6-2-3-7-15(14)31(28,29)24-18/h2-9,26,28-29H,10H2,1H3,(H,22,24). The Kier molecular flexibility index (Phi) is 4.32. The van der Waals surface area contributed by atoms with E-state index in [1.165, 1.54) is 16.8 Å². The Morgan fingerprint density at radius 2 is 2.00 bits per heavy atom. The fourth-order valence-corrected chi connectivity index (χ4v) is 4.69. The first kappa shape index (κ1) is 19.3. The minimum Gasteiger partial charge on any atom is -0.506 e. The maximum Gasteiger partial charge on any atom is 0.267 e. The van der Waals surface area contributed by atoms with E-state index in [9.17, 15) is 19.0 Å². The van der Waals surface area contributed by atoms with Gasteiger partial charge in [-0.05, 0) is 31.2 Å². The third kappa shape index (κ3) is 3.15. The summed E-state index contributed by atoms with van der Waals surface area (Å²) in [5, 5.41) is 18.1. The van der Waals surface area contributed by atoms with Gasteiger partial charge >= 0.3 is 0 Å². The fraction of sp³-hybridized carbons (Fsp3) is 0.100. The second kappa shape index (κ2) is 6.94. The van der Waals surface area contributed by atoms with Gasteiger partial charge in [-0.1, -0.05) is 28.1 Å². The van der Waals surface area contributed by atoms with Crippen LogP contribution < -0.4 is 10.9 Å². The first-order valence-corrected chi connectivity index (χ1v) is 10.7. The smallest absolute Gasteiger partial charge is 0.267 e. The molecule has 0 amide bonds. The largest absolute Gasteiger partial charge is 0.506 e. The van der Waals surface area contributed by atoms with Crippen molar-refractivity contribution >= 4 is 33.3 Å². The molecule has 158 valence electrons. The molecule has 31 heavy (non-hydrogen) atoms. The Labute approximate surface area is 177 Å². The van der Waals surface area contributed by atoms with Crippen LogP contribution in [0.2, 0.25) is 0 Å². The van der Waals surface area contributed by atoms with Crippen molar-refractivity contribution in [2.75, 3.05) is 5.32 Å². The quantitative estimate of drug-likeness (QED) is 0.380. The van der Waals surface area contributed by atoms with Gasteiger partial charge in [0.25, 0.3) is 5.56 Å². The fourth-order valence-electron chi connectivity index (χ4n) is 3.52. The highest BCUT2D eigenvalue weighted by atomic mass is 32.3. The number of benzene rings is 1. The molecular formula is C20H17N5O5S. The Hall–Kier alpha value is -3.67. The molecular weight excluding hydrogens is 422 g/mol. The summed E-state index contributed by atoms with van der Waals surface area (Å²) in [4.78, 5) is 17.9. The molecule has 1 aliphatic heterocycles. The minimum atomic E-state index is -3.57. The number of amidine groups is 1. The van der Waals surface area contributed by atoms with Crippen molar-refractivity contribution in [2.24, 2.45) is 4.40 Å². The monoisotopic (exact) mass is 439 g/mol. The zero-order valence-electron chi connectivity index (χ0n) is 16.2. The number of hydrogen-bond donors (Lipinski definition) is 4. The lowest BCUT2D eigenvalue weighted by Crippen LogP contribution is -2.32. The lowest BCUT2D eigenvalue weighted by Gasteiger charge is -2.34. The van der Waals surface area contributed by atoms with Crippen molar-refractivity contribution in [2.45, 2.75) is 18.4 Å². The lowest BCUT2D eigenvalue weighted by atomic mass is 10.1. The molecule has 10 nitrogen and oxygen atoms in total. The van der Waals surface area contributed by atoms with Gasteiger partial charge in [-0.2, -0.15) is 0 Å².